The summed E-state index contributed by atoms with van der Waals surface area (Å²) in [7, 11) is 0. The normalized spacial score (nSPS) is 10.3. The van der Waals surface area contributed by atoms with E-state index in [9.17, 15) is 22.8 Å². The highest BCUT2D eigenvalue weighted by Crippen LogP contribution is 2.20. The van der Waals surface area contributed by atoms with Crippen LogP contribution in [0.15, 0.2) is 17.5 Å². The van der Waals surface area contributed by atoms with E-state index in [1.165, 1.54) is 0 Å². The van der Waals surface area contributed by atoms with Gasteiger partial charge in [-0.15, -0.1) is 11.3 Å². The highest BCUT2D eigenvalue weighted by atomic mass is 32.1. The van der Waals surface area contributed by atoms with Crippen molar-refractivity contribution in [2.75, 3.05) is 5.32 Å². The number of aromatic nitrogens is 1. The molecule has 1 aromatic heterocycles. The first-order valence-electron chi connectivity index (χ1n) is 5.03. The summed E-state index contributed by atoms with van der Waals surface area (Å²) in [5.41, 5.74) is -1.05. The number of amides is 1. The van der Waals surface area contributed by atoms with Gasteiger partial charge in [-0.25, -0.2) is 22.9 Å². The number of hydrogen-bond acceptors (Lipinski definition) is 4. The van der Waals surface area contributed by atoms with Gasteiger partial charge < -0.3 is 10.4 Å². The number of carbonyl (C=O) groups excluding carboxylic acids is 1. The van der Waals surface area contributed by atoms with E-state index in [0.29, 0.717) is 23.5 Å². The van der Waals surface area contributed by atoms with E-state index in [-0.39, 0.29) is 10.7 Å². The Morgan fingerprint density at radius 3 is 2.55 bits per heavy atom. The van der Waals surface area contributed by atoms with Crippen molar-refractivity contribution in [3.05, 3.63) is 45.7 Å². The summed E-state index contributed by atoms with van der Waals surface area (Å²) >= 11 is 0.706. The van der Waals surface area contributed by atoms with Crippen molar-refractivity contribution < 1.29 is 27.9 Å². The van der Waals surface area contributed by atoms with Gasteiger partial charge in [0.25, 0.3) is 5.91 Å². The van der Waals surface area contributed by atoms with Crippen LogP contribution in [0.3, 0.4) is 0 Å². The first-order valence-corrected chi connectivity index (χ1v) is 5.91. The van der Waals surface area contributed by atoms with Crippen LogP contribution in [0.25, 0.3) is 0 Å². The maximum atomic E-state index is 13.3. The van der Waals surface area contributed by atoms with Crippen molar-refractivity contribution in [2.45, 2.75) is 0 Å². The lowest BCUT2D eigenvalue weighted by Crippen LogP contribution is -2.14. The summed E-state index contributed by atoms with van der Waals surface area (Å²) in [6.45, 7) is 0. The Balaban J connectivity index is 2.25. The minimum Gasteiger partial charge on any atom is -0.476 e. The van der Waals surface area contributed by atoms with Crippen LogP contribution < -0.4 is 5.32 Å². The SMILES string of the molecule is O=C(O)c1csc(C(=O)Nc2cc(F)cc(F)c2F)n1. The molecule has 0 fully saturated rings. The third-order valence-corrected chi connectivity index (χ3v) is 3.00. The number of hydrogen-bond donors (Lipinski definition) is 2. The average molecular weight is 302 g/mol. The zero-order valence-corrected chi connectivity index (χ0v) is 10.3. The topological polar surface area (TPSA) is 79.3 Å². The Hall–Kier alpha value is -2.42. The van der Waals surface area contributed by atoms with Crippen LogP contribution in [0.1, 0.15) is 20.3 Å². The van der Waals surface area contributed by atoms with Gasteiger partial charge in [-0.2, -0.15) is 0 Å². The molecule has 104 valence electrons. The van der Waals surface area contributed by atoms with Crippen molar-refractivity contribution in [2.24, 2.45) is 0 Å². The van der Waals surface area contributed by atoms with Crippen molar-refractivity contribution in [3.63, 3.8) is 0 Å². The molecule has 5 nitrogen and oxygen atoms in total. The molecule has 0 saturated heterocycles. The second-order valence-corrected chi connectivity index (χ2v) is 4.40. The fraction of sp³-hybridized carbons (Fsp3) is 0. The highest BCUT2D eigenvalue weighted by Gasteiger charge is 2.18. The van der Waals surface area contributed by atoms with Crippen LogP contribution >= 0.6 is 11.3 Å². The molecular weight excluding hydrogens is 297 g/mol. The molecule has 2 rings (SSSR count). The minimum absolute atomic E-state index is 0.272. The van der Waals surface area contributed by atoms with E-state index in [1.54, 1.807) is 0 Å². The maximum Gasteiger partial charge on any atom is 0.355 e. The molecule has 2 N–H and O–H groups in total. The number of nitrogens with one attached hydrogen (secondary N) is 1. The van der Waals surface area contributed by atoms with Crippen molar-refractivity contribution in [3.8, 4) is 0 Å². The number of nitrogens with zero attached hydrogens (tertiary/aromatic N) is 1. The first-order chi connectivity index (χ1) is 9.38. The Morgan fingerprint density at radius 1 is 1.25 bits per heavy atom. The van der Waals surface area contributed by atoms with E-state index in [4.69, 9.17) is 5.11 Å². The van der Waals surface area contributed by atoms with Crippen LogP contribution in [0.2, 0.25) is 0 Å². The molecule has 0 aliphatic rings. The van der Waals surface area contributed by atoms with Crippen molar-refractivity contribution in [1.29, 1.82) is 0 Å². The molecule has 0 bridgehead atoms. The Labute approximate surface area is 113 Å². The van der Waals surface area contributed by atoms with E-state index in [2.05, 4.69) is 4.98 Å². The smallest absolute Gasteiger partial charge is 0.355 e. The number of carboxylic acids is 1. The van der Waals surface area contributed by atoms with Gasteiger partial charge >= 0.3 is 5.97 Å². The standard InChI is InChI=1S/C11H5F3N2O3S/c12-4-1-5(13)8(14)6(2-4)15-9(17)10-16-7(3-20-10)11(18)19/h1-3H,(H,15,17)(H,18,19). The van der Waals surface area contributed by atoms with Crippen LogP contribution in [-0.4, -0.2) is 22.0 Å². The molecule has 9 heteroatoms. The third kappa shape index (κ3) is 2.77. The summed E-state index contributed by atoms with van der Waals surface area (Å²) in [5.74, 6) is -6.24. The Morgan fingerprint density at radius 2 is 1.95 bits per heavy atom. The lowest BCUT2D eigenvalue weighted by atomic mass is 10.3. The van der Waals surface area contributed by atoms with Crippen LogP contribution in [0.4, 0.5) is 18.9 Å². The molecule has 1 aromatic carbocycles. The summed E-state index contributed by atoms with van der Waals surface area (Å²) in [6, 6.07) is 0.930. The van der Waals surface area contributed by atoms with Gasteiger partial charge in [0.15, 0.2) is 22.3 Å². The lowest BCUT2D eigenvalue weighted by molar-refractivity contribution is 0.0691. The van der Waals surface area contributed by atoms with Crippen LogP contribution in [0, 0.1) is 17.5 Å². The molecular formula is C11H5F3N2O3S. The van der Waals surface area contributed by atoms with Crippen molar-refractivity contribution >= 4 is 28.9 Å². The van der Waals surface area contributed by atoms with E-state index in [1.807, 2.05) is 5.32 Å². The molecule has 0 radical (unpaired) electrons. The molecule has 1 heterocycles. The number of anilines is 1. The fourth-order valence-electron chi connectivity index (χ4n) is 1.30. The summed E-state index contributed by atoms with van der Waals surface area (Å²) in [6.07, 6.45) is 0. The second kappa shape index (κ2) is 5.29. The summed E-state index contributed by atoms with van der Waals surface area (Å²) in [5, 5.41) is 11.4. The molecule has 20 heavy (non-hydrogen) atoms. The molecule has 0 unspecified atom stereocenters. The minimum atomic E-state index is -1.45. The van der Waals surface area contributed by atoms with Gasteiger partial charge in [-0.05, 0) is 0 Å². The molecule has 0 aliphatic carbocycles. The molecule has 2 aromatic rings. The monoisotopic (exact) mass is 302 g/mol. The van der Waals surface area contributed by atoms with Crippen LogP contribution in [-0.2, 0) is 0 Å². The number of carbonyl (C=O) groups is 2. The van der Waals surface area contributed by atoms with Gasteiger partial charge in [-0.1, -0.05) is 0 Å². The number of aromatic carboxylic acids is 1. The van der Waals surface area contributed by atoms with Gasteiger partial charge in [0.2, 0.25) is 0 Å². The lowest BCUT2D eigenvalue weighted by Gasteiger charge is -2.05. The van der Waals surface area contributed by atoms with E-state index in [0.717, 1.165) is 5.38 Å². The predicted molar refractivity (Wildman–Crippen MR) is 63.3 cm³/mol. The zero-order chi connectivity index (χ0) is 14.9. The van der Waals surface area contributed by atoms with Gasteiger partial charge in [0.1, 0.15) is 5.82 Å². The predicted octanol–water partition coefficient (Wildman–Crippen LogP) is 2.51. The Kier molecular flexibility index (Phi) is 3.70. The molecule has 1 amide bonds. The largest absolute Gasteiger partial charge is 0.476 e. The molecule has 0 spiro atoms. The number of benzene rings is 1. The Bertz CT molecular complexity index is 702. The highest BCUT2D eigenvalue weighted by molar-refractivity contribution is 7.12. The number of halogens is 3. The van der Waals surface area contributed by atoms with Gasteiger partial charge in [0.05, 0.1) is 5.69 Å². The zero-order valence-electron chi connectivity index (χ0n) is 9.49. The van der Waals surface area contributed by atoms with Gasteiger partial charge in [0, 0.05) is 17.5 Å². The number of rotatable bonds is 3. The van der Waals surface area contributed by atoms with E-state index < -0.39 is 35.0 Å². The molecule has 0 aliphatic heterocycles. The molecule has 0 atom stereocenters. The number of carboxylic acid groups (broad SMARTS) is 1. The van der Waals surface area contributed by atoms with E-state index >= 15 is 0 Å². The second-order valence-electron chi connectivity index (χ2n) is 3.55. The van der Waals surface area contributed by atoms with Crippen molar-refractivity contribution in [1.82, 2.24) is 4.98 Å². The average Bonchev–Trinajstić information content (AvgIpc) is 2.85. The quantitative estimate of drug-likeness (QED) is 0.854. The fourth-order valence-corrected chi connectivity index (χ4v) is 1.98. The maximum absolute atomic E-state index is 13.3. The number of thiazole rings is 1. The first kappa shape index (κ1) is 14.0. The van der Waals surface area contributed by atoms with Gasteiger partial charge in [-0.3, -0.25) is 4.79 Å². The third-order valence-electron chi connectivity index (χ3n) is 2.16. The van der Waals surface area contributed by atoms with Crippen LogP contribution in [0.5, 0.6) is 0 Å². The molecule has 0 saturated carbocycles. The summed E-state index contributed by atoms with van der Waals surface area (Å²) in [4.78, 5) is 25.7. The summed E-state index contributed by atoms with van der Waals surface area (Å²) < 4.78 is 39.2.